The van der Waals surface area contributed by atoms with Crippen molar-refractivity contribution in [3.63, 3.8) is 0 Å². The fraction of sp³-hybridized carbons (Fsp3) is 0.300. The molecule has 0 atom stereocenters. The molecule has 25 heavy (non-hydrogen) atoms. The van der Waals surface area contributed by atoms with Gasteiger partial charge in [-0.15, -0.1) is 0 Å². The van der Waals surface area contributed by atoms with Gasteiger partial charge in [-0.05, 0) is 6.07 Å². The summed E-state index contributed by atoms with van der Waals surface area (Å²) < 4.78 is 22.3. The molecule has 0 saturated carbocycles. The first-order valence-corrected chi connectivity index (χ1v) is 8.52. The highest BCUT2D eigenvalue weighted by Crippen LogP contribution is 2.45. The van der Waals surface area contributed by atoms with Crippen molar-refractivity contribution >= 4 is 33.1 Å². The van der Waals surface area contributed by atoms with E-state index < -0.39 is 0 Å². The molecule has 0 bridgehead atoms. The molecule has 0 aromatic heterocycles. The Bertz CT molecular complexity index is 863. The van der Waals surface area contributed by atoms with E-state index in [9.17, 15) is 0 Å². The SMILES string of the molecule is COCCOc1c2ccccc2c(OCCOC)c2c(Cl)cccc12. The van der Waals surface area contributed by atoms with Crippen molar-refractivity contribution in [2.75, 3.05) is 40.6 Å². The first-order valence-electron chi connectivity index (χ1n) is 8.14. The maximum absolute atomic E-state index is 6.52. The highest BCUT2D eigenvalue weighted by molar-refractivity contribution is 6.37. The Morgan fingerprint density at radius 2 is 1.24 bits per heavy atom. The van der Waals surface area contributed by atoms with Gasteiger partial charge >= 0.3 is 0 Å². The third-order valence-corrected chi connectivity index (χ3v) is 4.28. The largest absolute Gasteiger partial charge is 0.490 e. The Hall–Kier alpha value is -2.01. The molecular formula is C20H21ClO4. The second-order valence-corrected chi connectivity index (χ2v) is 5.96. The van der Waals surface area contributed by atoms with E-state index in [-0.39, 0.29) is 0 Å². The van der Waals surface area contributed by atoms with Crippen LogP contribution in [-0.2, 0) is 9.47 Å². The van der Waals surface area contributed by atoms with E-state index in [1.54, 1.807) is 14.2 Å². The third-order valence-electron chi connectivity index (χ3n) is 3.97. The molecule has 0 aliphatic carbocycles. The average Bonchev–Trinajstić information content (AvgIpc) is 2.63. The third kappa shape index (κ3) is 3.66. The van der Waals surface area contributed by atoms with Gasteiger partial charge < -0.3 is 18.9 Å². The van der Waals surface area contributed by atoms with Crippen molar-refractivity contribution < 1.29 is 18.9 Å². The van der Waals surface area contributed by atoms with Gasteiger partial charge in [0, 0.05) is 35.8 Å². The lowest BCUT2D eigenvalue weighted by molar-refractivity contribution is 0.147. The lowest BCUT2D eigenvalue weighted by Gasteiger charge is -2.18. The van der Waals surface area contributed by atoms with Gasteiger partial charge in [-0.1, -0.05) is 48.0 Å². The quantitative estimate of drug-likeness (QED) is 0.431. The van der Waals surface area contributed by atoms with E-state index in [1.807, 2.05) is 42.5 Å². The van der Waals surface area contributed by atoms with Crippen molar-refractivity contribution in [2.45, 2.75) is 0 Å². The Balaban J connectivity index is 2.23. The lowest BCUT2D eigenvalue weighted by atomic mass is 10.0. The van der Waals surface area contributed by atoms with E-state index in [0.29, 0.717) is 31.5 Å². The second kappa shape index (κ2) is 8.39. The molecule has 0 unspecified atom stereocenters. The molecule has 0 amide bonds. The van der Waals surface area contributed by atoms with Crippen molar-refractivity contribution in [2.24, 2.45) is 0 Å². The molecule has 0 fully saturated rings. The minimum absolute atomic E-state index is 0.449. The Morgan fingerprint density at radius 1 is 0.680 bits per heavy atom. The molecular weight excluding hydrogens is 340 g/mol. The van der Waals surface area contributed by atoms with Gasteiger partial charge in [0.1, 0.15) is 24.7 Å². The summed E-state index contributed by atoms with van der Waals surface area (Å²) in [5.41, 5.74) is 0. The molecule has 3 aromatic carbocycles. The van der Waals surface area contributed by atoms with Crippen LogP contribution in [0.15, 0.2) is 42.5 Å². The number of hydrogen-bond acceptors (Lipinski definition) is 4. The zero-order valence-electron chi connectivity index (χ0n) is 14.4. The van der Waals surface area contributed by atoms with Crippen LogP contribution in [0.5, 0.6) is 11.5 Å². The molecule has 0 radical (unpaired) electrons. The summed E-state index contributed by atoms with van der Waals surface area (Å²) in [6.45, 7) is 1.94. The molecule has 0 saturated heterocycles. The molecule has 3 rings (SSSR count). The molecule has 132 valence electrons. The van der Waals surface area contributed by atoms with Crippen LogP contribution in [0.25, 0.3) is 21.5 Å². The summed E-state index contributed by atoms with van der Waals surface area (Å²) in [6.07, 6.45) is 0. The zero-order valence-corrected chi connectivity index (χ0v) is 15.1. The number of benzene rings is 3. The number of halogens is 1. The molecule has 0 spiro atoms. The number of fused-ring (bicyclic) bond motifs is 2. The fourth-order valence-corrected chi connectivity index (χ4v) is 3.12. The summed E-state index contributed by atoms with van der Waals surface area (Å²) in [4.78, 5) is 0. The monoisotopic (exact) mass is 360 g/mol. The highest BCUT2D eigenvalue weighted by Gasteiger charge is 2.18. The minimum atomic E-state index is 0.449. The summed E-state index contributed by atoms with van der Waals surface area (Å²) in [6, 6.07) is 13.8. The van der Waals surface area contributed by atoms with Gasteiger partial charge in [0.2, 0.25) is 0 Å². The first kappa shape index (κ1) is 17.8. The number of methoxy groups -OCH3 is 2. The minimum Gasteiger partial charge on any atom is -0.490 e. The van der Waals surface area contributed by atoms with Crippen LogP contribution in [0.1, 0.15) is 0 Å². The van der Waals surface area contributed by atoms with Crippen LogP contribution in [0.2, 0.25) is 5.02 Å². The summed E-state index contributed by atoms with van der Waals surface area (Å²) in [5, 5.41) is 4.36. The van der Waals surface area contributed by atoms with Crippen LogP contribution in [-0.4, -0.2) is 40.6 Å². The summed E-state index contributed by atoms with van der Waals surface area (Å²) in [7, 11) is 3.31. The van der Waals surface area contributed by atoms with Crippen molar-refractivity contribution in [1.29, 1.82) is 0 Å². The van der Waals surface area contributed by atoms with Crippen molar-refractivity contribution in [3.8, 4) is 11.5 Å². The molecule has 0 aliphatic rings. The van der Waals surface area contributed by atoms with E-state index in [1.165, 1.54) is 0 Å². The van der Waals surface area contributed by atoms with Crippen LogP contribution >= 0.6 is 11.6 Å². The summed E-state index contributed by atoms with van der Waals surface area (Å²) >= 11 is 6.52. The average molecular weight is 361 g/mol. The maximum atomic E-state index is 6.52. The molecule has 4 nitrogen and oxygen atoms in total. The molecule has 5 heteroatoms. The molecule has 0 N–H and O–H groups in total. The van der Waals surface area contributed by atoms with Crippen LogP contribution in [0, 0.1) is 0 Å². The van der Waals surface area contributed by atoms with Crippen LogP contribution < -0.4 is 9.47 Å². The fourth-order valence-electron chi connectivity index (χ4n) is 2.86. The van der Waals surface area contributed by atoms with Gasteiger partial charge in [-0.25, -0.2) is 0 Å². The van der Waals surface area contributed by atoms with E-state index in [2.05, 4.69) is 0 Å². The van der Waals surface area contributed by atoms with Crippen LogP contribution in [0.4, 0.5) is 0 Å². The van der Waals surface area contributed by atoms with Gasteiger partial charge in [0.05, 0.1) is 18.2 Å². The highest BCUT2D eigenvalue weighted by atomic mass is 35.5. The predicted octanol–water partition coefficient (Wildman–Crippen LogP) is 4.70. The number of ether oxygens (including phenoxy) is 4. The summed E-state index contributed by atoms with van der Waals surface area (Å²) in [5.74, 6) is 1.55. The van der Waals surface area contributed by atoms with Crippen molar-refractivity contribution in [3.05, 3.63) is 47.5 Å². The van der Waals surface area contributed by atoms with Gasteiger partial charge in [0.25, 0.3) is 0 Å². The van der Waals surface area contributed by atoms with Gasteiger partial charge in [-0.2, -0.15) is 0 Å². The normalized spacial score (nSPS) is 11.2. The lowest BCUT2D eigenvalue weighted by Crippen LogP contribution is -2.07. The maximum Gasteiger partial charge on any atom is 0.136 e. The predicted molar refractivity (Wildman–Crippen MR) is 101 cm³/mol. The van der Waals surface area contributed by atoms with Gasteiger partial charge in [0.15, 0.2) is 0 Å². The van der Waals surface area contributed by atoms with Gasteiger partial charge in [-0.3, -0.25) is 0 Å². The molecule has 3 aromatic rings. The standard InChI is InChI=1S/C20H21ClO4/c1-22-10-12-24-19-14-6-3-4-7-15(14)20(25-13-11-23-2)18-16(19)8-5-9-17(18)21/h3-9H,10-13H2,1-2H3. The smallest absolute Gasteiger partial charge is 0.136 e. The van der Waals surface area contributed by atoms with E-state index >= 15 is 0 Å². The molecule has 0 aliphatic heterocycles. The first-order chi connectivity index (χ1) is 12.3. The second-order valence-electron chi connectivity index (χ2n) is 5.55. The Kier molecular flexibility index (Phi) is 5.97. The zero-order chi connectivity index (χ0) is 17.6. The Labute approximate surface area is 152 Å². The van der Waals surface area contributed by atoms with Crippen LogP contribution in [0.3, 0.4) is 0 Å². The number of hydrogen-bond donors (Lipinski definition) is 0. The number of rotatable bonds is 8. The topological polar surface area (TPSA) is 36.9 Å². The van der Waals surface area contributed by atoms with E-state index in [4.69, 9.17) is 30.5 Å². The van der Waals surface area contributed by atoms with Crippen molar-refractivity contribution in [1.82, 2.24) is 0 Å². The van der Waals surface area contributed by atoms with E-state index in [0.717, 1.165) is 33.0 Å². The molecule has 0 heterocycles. The Morgan fingerprint density at radius 3 is 1.88 bits per heavy atom.